The second kappa shape index (κ2) is 6.39. The van der Waals surface area contributed by atoms with Crippen LogP contribution >= 0.6 is 0 Å². The Labute approximate surface area is 126 Å². The summed E-state index contributed by atoms with van der Waals surface area (Å²) in [6.07, 6.45) is 6.95. The number of rotatable bonds is 4. The molecule has 1 aromatic carbocycles. The molecule has 2 aromatic rings. The molecule has 112 valence electrons. The number of nitrogens with two attached hydrogens (primary N) is 1. The zero-order valence-electron chi connectivity index (χ0n) is 12.7. The molecule has 0 aliphatic heterocycles. The number of hydrogen-bond acceptors (Lipinski definition) is 4. The Morgan fingerprint density at radius 1 is 1.19 bits per heavy atom. The second-order valence-electron chi connectivity index (χ2n) is 5.85. The van der Waals surface area contributed by atoms with Crippen molar-refractivity contribution in [3.05, 3.63) is 30.5 Å². The summed E-state index contributed by atoms with van der Waals surface area (Å²) in [5.74, 6) is 1.56. The van der Waals surface area contributed by atoms with Crippen LogP contribution < -0.4 is 10.6 Å². The Hall–Kier alpha value is -1.68. The quantitative estimate of drug-likeness (QED) is 0.938. The van der Waals surface area contributed by atoms with Crippen molar-refractivity contribution >= 4 is 16.9 Å². The highest BCUT2D eigenvalue weighted by Crippen LogP contribution is 2.30. The predicted octanol–water partition coefficient (Wildman–Crippen LogP) is 2.97. The topological polar surface area (TPSA) is 55.0 Å². The number of fused-ring (bicyclic) bond motifs is 1. The van der Waals surface area contributed by atoms with Gasteiger partial charge in [0, 0.05) is 12.6 Å². The molecule has 1 heterocycles. The fourth-order valence-corrected chi connectivity index (χ4v) is 3.53. The van der Waals surface area contributed by atoms with Gasteiger partial charge in [-0.25, -0.2) is 4.98 Å². The van der Waals surface area contributed by atoms with Crippen LogP contribution in [0, 0.1) is 5.92 Å². The van der Waals surface area contributed by atoms with Crippen molar-refractivity contribution in [2.45, 2.75) is 38.6 Å². The summed E-state index contributed by atoms with van der Waals surface area (Å²) in [5, 5.41) is 0. The van der Waals surface area contributed by atoms with Gasteiger partial charge < -0.3 is 10.6 Å². The molecule has 0 saturated heterocycles. The third-order valence-corrected chi connectivity index (χ3v) is 4.64. The fraction of sp³-hybridized carbons (Fsp3) is 0.529. The van der Waals surface area contributed by atoms with Gasteiger partial charge in [-0.3, -0.25) is 4.98 Å². The average Bonchev–Trinajstić information content (AvgIpc) is 2.56. The van der Waals surface area contributed by atoms with Crippen LogP contribution in [0.5, 0.6) is 0 Å². The monoisotopic (exact) mass is 284 g/mol. The molecule has 2 atom stereocenters. The third-order valence-electron chi connectivity index (χ3n) is 4.64. The van der Waals surface area contributed by atoms with E-state index < -0.39 is 0 Å². The molecule has 1 aliphatic carbocycles. The molecule has 0 bridgehead atoms. The summed E-state index contributed by atoms with van der Waals surface area (Å²) >= 11 is 0. The van der Waals surface area contributed by atoms with Gasteiger partial charge in [0.2, 0.25) is 0 Å². The number of hydrogen-bond donors (Lipinski definition) is 1. The summed E-state index contributed by atoms with van der Waals surface area (Å²) in [5.41, 5.74) is 7.91. The number of benzene rings is 1. The van der Waals surface area contributed by atoms with Crippen molar-refractivity contribution in [2.24, 2.45) is 11.7 Å². The lowest BCUT2D eigenvalue weighted by atomic mass is 9.83. The summed E-state index contributed by atoms with van der Waals surface area (Å²) in [6.45, 7) is 3.91. The summed E-state index contributed by atoms with van der Waals surface area (Å²) in [6, 6.07) is 8.55. The van der Waals surface area contributed by atoms with E-state index in [1.165, 1.54) is 25.7 Å². The van der Waals surface area contributed by atoms with Crippen LogP contribution in [0.15, 0.2) is 30.5 Å². The van der Waals surface area contributed by atoms with Gasteiger partial charge in [0.05, 0.1) is 17.2 Å². The third kappa shape index (κ3) is 2.86. The van der Waals surface area contributed by atoms with Crippen LogP contribution in [0.1, 0.15) is 32.6 Å². The lowest BCUT2D eigenvalue weighted by Crippen LogP contribution is -2.45. The molecular formula is C17H24N4. The van der Waals surface area contributed by atoms with Crippen LogP contribution in [0.4, 0.5) is 5.82 Å². The van der Waals surface area contributed by atoms with Gasteiger partial charge in [0.1, 0.15) is 5.82 Å². The van der Waals surface area contributed by atoms with Crippen molar-refractivity contribution in [2.75, 3.05) is 18.0 Å². The predicted molar refractivity (Wildman–Crippen MR) is 87.4 cm³/mol. The van der Waals surface area contributed by atoms with Crippen LogP contribution in [-0.2, 0) is 0 Å². The molecule has 2 N–H and O–H groups in total. The highest BCUT2D eigenvalue weighted by molar-refractivity contribution is 5.75. The Morgan fingerprint density at radius 2 is 1.95 bits per heavy atom. The Morgan fingerprint density at radius 3 is 2.71 bits per heavy atom. The standard InChI is InChI=1S/C17H24N4/c1-2-21(16-10-6-3-7-13(16)11-18)17-12-19-14-8-4-5-9-15(14)20-17/h4-5,8-9,12-13,16H,2-3,6-7,10-11,18H2,1H3. The Kier molecular flexibility index (Phi) is 4.34. The molecular weight excluding hydrogens is 260 g/mol. The van der Waals surface area contributed by atoms with Crippen LogP contribution in [-0.4, -0.2) is 29.1 Å². The van der Waals surface area contributed by atoms with Crippen molar-refractivity contribution in [3.8, 4) is 0 Å². The molecule has 0 radical (unpaired) electrons. The minimum Gasteiger partial charge on any atom is -0.352 e. The maximum Gasteiger partial charge on any atom is 0.148 e. The SMILES string of the molecule is CCN(c1cnc2ccccc2n1)C1CCCCC1CN. The number of anilines is 1. The van der Waals surface area contributed by atoms with Gasteiger partial charge in [-0.1, -0.05) is 25.0 Å². The Bertz CT molecular complexity index is 598. The summed E-state index contributed by atoms with van der Waals surface area (Å²) in [4.78, 5) is 11.8. The van der Waals surface area contributed by atoms with Gasteiger partial charge in [-0.15, -0.1) is 0 Å². The molecule has 21 heavy (non-hydrogen) atoms. The van der Waals surface area contributed by atoms with E-state index in [0.717, 1.165) is 29.9 Å². The van der Waals surface area contributed by atoms with E-state index in [1.54, 1.807) is 0 Å². The van der Waals surface area contributed by atoms with E-state index in [-0.39, 0.29) is 0 Å². The highest BCUT2D eigenvalue weighted by atomic mass is 15.2. The molecule has 2 unspecified atom stereocenters. The first-order valence-corrected chi connectivity index (χ1v) is 8.02. The van der Waals surface area contributed by atoms with E-state index in [9.17, 15) is 0 Å². The molecule has 1 fully saturated rings. The van der Waals surface area contributed by atoms with E-state index in [4.69, 9.17) is 10.7 Å². The van der Waals surface area contributed by atoms with Crippen molar-refractivity contribution in [3.63, 3.8) is 0 Å². The zero-order chi connectivity index (χ0) is 14.7. The minimum absolute atomic E-state index is 0.504. The van der Waals surface area contributed by atoms with Gasteiger partial charge in [0.25, 0.3) is 0 Å². The smallest absolute Gasteiger partial charge is 0.148 e. The first-order valence-electron chi connectivity index (χ1n) is 8.02. The van der Waals surface area contributed by atoms with Crippen molar-refractivity contribution in [1.29, 1.82) is 0 Å². The van der Waals surface area contributed by atoms with E-state index in [2.05, 4.69) is 16.8 Å². The van der Waals surface area contributed by atoms with Crippen LogP contribution in [0.2, 0.25) is 0 Å². The van der Waals surface area contributed by atoms with Gasteiger partial charge >= 0.3 is 0 Å². The van der Waals surface area contributed by atoms with Gasteiger partial charge in [0.15, 0.2) is 0 Å². The maximum absolute atomic E-state index is 5.99. The molecule has 1 saturated carbocycles. The molecule has 3 rings (SSSR count). The molecule has 4 heteroatoms. The summed E-state index contributed by atoms with van der Waals surface area (Å²) in [7, 11) is 0. The van der Waals surface area contributed by atoms with Crippen LogP contribution in [0.25, 0.3) is 11.0 Å². The first kappa shape index (κ1) is 14.3. The van der Waals surface area contributed by atoms with Crippen LogP contribution in [0.3, 0.4) is 0 Å². The van der Waals surface area contributed by atoms with Gasteiger partial charge in [-0.05, 0) is 44.4 Å². The largest absolute Gasteiger partial charge is 0.352 e. The molecule has 0 spiro atoms. The highest BCUT2D eigenvalue weighted by Gasteiger charge is 2.29. The molecule has 1 aromatic heterocycles. The molecule has 4 nitrogen and oxygen atoms in total. The molecule has 1 aliphatic rings. The first-order chi connectivity index (χ1) is 10.3. The average molecular weight is 284 g/mol. The normalized spacial score (nSPS) is 22.4. The van der Waals surface area contributed by atoms with E-state index >= 15 is 0 Å². The van der Waals surface area contributed by atoms with E-state index in [0.29, 0.717) is 12.0 Å². The maximum atomic E-state index is 5.99. The van der Waals surface area contributed by atoms with Gasteiger partial charge in [-0.2, -0.15) is 0 Å². The fourth-order valence-electron chi connectivity index (χ4n) is 3.53. The lowest BCUT2D eigenvalue weighted by Gasteiger charge is -2.39. The number of para-hydroxylation sites is 2. The Balaban J connectivity index is 1.93. The number of aromatic nitrogens is 2. The zero-order valence-corrected chi connectivity index (χ0v) is 12.7. The van der Waals surface area contributed by atoms with Crippen molar-refractivity contribution in [1.82, 2.24) is 9.97 Å². The second-order valence-corrected chi connectivity index (χ2v) is 5.85. The molecule has 0 amide bonds. The van der Waals surface area contributed by atoms with E-state index in [1.807, 2.05) is 30.5 Å². The van der Waals surface area contributed by atoms with Crippen molar-refractivity contribution < 1.29 is 0 Å². The number of nitrogens with zero attached hydrogens (tertiary/aromatic N) is 3. The summed E-state index contributed by atoms with van der Waals surface area (Å²) < 4.78 is 0. The lowest BCUT2D eigenvalue weighted by molar-refractivity contribution is 0.299. The minimum atomic E-state index is 0.504.